The second kappa shape index (κ2) is 8.57. The van der Waals surface area contributed by atoms with E-state index in [1.54, 1.807) is 12.1 Å². The molecule has 1 saturated heterocycles. The summed E-state index contributed by atoms with van der Waals surface area (Å²) >= 11 is 5.96. The van der Waals surface area contributed by atoms with Crippen LogP contribution in [0, 0.1) is 11.7 Å². The van der Waals surface area contributed by atoms with E-state index in [0.717, 1.165) is 32.5 Å². The molecule has 0 aromatic heterocycles. The lowest BCUT2D eigenvalue weighted by molar-refractivity contribution is -0.131. The van der Waals surface area contributed by atoms with Crippen molar-refractivity contribution in [3.05, 3.63) is 34.6 Å². The van der Waals surface area contributed by atoms with Crippen molar-refractivity contribution >= 4 is 29.9 Å². The molecule has 118 valence electrons. The van der Waals surface area contributed by atoms with Crippen LogP contribution < -0.4 is 5.32 Å². The molecular formula is C15H21Cl2FN2O. The Morgan fingerprint density at radius 3 is 2.67 bits per heavy atom. The molecule has 0 atom stereocenters. The average Bonchev–Trinajstić information content (AvgIpc) is 2.44. The summed E-state index contributed by atoms with van der Waals surface area (Å²) in [5.41, 5.74) is 0.302. The fourth-order valence-corrected chi connectivity index (χ4v) is 2.87. The van der Waals surface area contributed by atoms with Gasteiger partial charge in [-0.2, -0.15) is 0 Å². The van der Waals surface area contributed by atoms with Gasteiger partial charge in [0, 0.05) is 23.7 Å². The largest absolute Gasteiger partial charge is 0.342 e. The minimum absolute atomic E-state index is 0. The maximum Gasteiger partial charge on any atom is 0.227 e. The van der Waals surface area contributed by atoms with Crippen molar-refractivity contribution in [2.45, 2.75) is 19.3 Å². The Kier molecular flexibility index (Phi) is 7.43. The highest BCUT2D eigenvalue weighted by Gasteiger charge is 2.23. The summed E-state index contributed by atoms with van der Waals surface area (Å²) in [6.07, 6.45) is 2.04. The molecule has 1 fully saturated rings. The SMILES string of the molecule is CNCC1CCN(C(=O)Cc2c(F)cccc2Cl)CC1.Cl. The van der Waals surface area contributed by atoms with Crippen molar-refractivity contribution in [1.82, 2.24) is 10.2 Å². The van der Waals surface area contributed by atoms with Gasteiger partial charge in [-0.05, 0) is 44.5 Å². The molecule has 1 heterocycles. The van der Waals surface area contributed by atoms with Crippen LogP contribution in [0.1, 0.15) is 18.4 Å². The predicted molar refractivity (Wildman–Crippen MR) is 85.6 cm³/mol. The third-order valence-electron chi connectivity index (χ3n) is 3.85. The van der Waals surface area contributed by atoms with Crippen LogP contribution in [0.4, 0.5) is 4.39 Å². The Labute approximate surface area is 136 Å². The third-order valence-corrected chi connectivity index (χ3v) is 4.20. The number of nitrogens with zero attached hydrogens (tertiary/aromatic N) is 1. The van der Waals surface area contributed by atoms with E-state index in [0.29, 0.717) is 16.5 Å². The fourth-order valence-electron chi connectivity index (χ4n) is 2.64. The van der Waals surface area contributed by atoms with Gasteiger partial charge in [-0.25, -0.2) is 4.39 Å². The Hall–Kier alpha value is -0.840. The van der Waals surface area contributed by atoms with Gasteiger partial charge in [-0.15, -0.1) is 12.4 Å². The number of amides is 1. The summed E-state index contributed by atoms with van der Waals surface area (Å²) in [6.45, 7) is 2.48. The maximum atomic E-state index is 13.7. The maximum absolute atomic E-state index is 13.7. The fraction of sp³-hybridized carbons (Fsp3) is 0.533. The first-order chi connectivity index (χ1) is 9.61. The van der Waals surface area contributed by atoms with E-state index in [-0.39, 0.29) is 24.7 Å². The van der Waals surface area contributed by atoms with Crippen LogP contribution in [0.3, 0.4) is 0 Å². The topological polar surface area (TPSA) is 32.3 Å². The number of hydrogen-bond acceptors (Lipinski definition) is 2. The van der Waals surface area contributed by atoms with Crippen molar-refractivity contribution in [1.29, 1.82) is 0 Å². The Balaban J connectivity index is 0.00000220. The highest BCUT2D eigenvalue weighted by Crippen LogP contribution is 2.22. The van der Waals surface area contributed by atoms with Crippen molar-refractivity contribution in [2.75, 3.05) is 26.7 Å². The van der Waals surface area contributed by atoms with Gasteiger partial charge < -0.3 is 10.2 Å². The first kappa shape index (κ1) is 18.2. The van der Waals surface area contributed by atoms with Crippen LogP contribution in [0.15, 0.2) is 18.2 Å². The molecule has 2 rings (SSSR count). The normalized spacial score (nSPS) is 15.7. The van der Waals surface area contributed by atoms with Gasteiger partial charge in [0.2, 0.25) is 5.91 Å². The van der Waals surface area contributed by atoms with Crippen LogP contribution >= 0.6 is 24.0 Å². The van der Waals surface area contributed by atoms with E-state index >= 15 is 0 Å². The smallest absolute Gasteiger partial charge is 0.227 e. The van der Waals surface area contributed by atoms with Gasteiger partial charge in [0.15, 0.2) is 0 Å². The number of benzene rings is 1. The summed E-state index contributed by atoms with van der Waals surface area (Å²) in [4.78, 5) is 14.0. The second-order valence-corrected chi connectivity index (χ2v) is 5.67. The number of nitrogens with one attached hydrogen (secondary N) is 1. The van der Waals surface area contributed by atoms with E-state index in [4.69, 9.17) is 11.6 Å². The highest BCUT2D eigenvalue weighted by atomic mass is 35.5. The van der Waals surface area contributed by atoms with E-state index in [1.165, 1.54) is 6.07 Å². The Bertz CT molecular complexity index is 456. The van der Waals surface area contributed by atoms with Crippen LogP contribution in [0.5, 0.6) is 0 Å². The van der Waals surface area contributed by atoms with Gasteiger partial charge >= 0.3 is 0 Å². The first-order valence-electron chi connectivity index (χ1n) is 6.97. The monoisotopic (exact) mass is 334 g/mol. The van der Waals surface area contributed by atoms with Crippen molar-refractivity contribution < 1.29 is 9.18 Å². The minimum atomic E-state index is -0.407. The Morgan fingerprint density at radius 2 is 2.10 bits per heavy atom. The van der Waals surface area contributed by atoms with Gasteiger partial charge in [-0.1, -0.05) is 17.7 Å². The molecule has 0 spiro atoms. The average molecular weight is 335 g/mol. The molecule has 0 bridgehead atoms. The van der Waals surface area contributed by atoms with Crippen molar-refractivity contribution in [2.24, 2.45) is 5.92 Å². The molecule has 0 radical (unpaired) electrons. The van der Waals surface area contributed by atoms with Crippen LogP contribution in [0.25, 0.3) is 0 Å². The summed E-state index contributed by atoms with van der Waals surface area (Å²) in [7, 11) is 1.94. The lowest BCUT2D eigenvalue weighted by atomic mass is 9.96. The van der Waals surface area contributed by atoms with Crippen molar-refractivity contribution in [3.63, 3.8) is 0 Å². The molecule has 1 N–H and O–H groups in total. The number of likely N-dealkylation sites (tertiary alicyclic amines) is 1. The summed E-state index contributed by atoms with van der Waals surface area (Å²) in [6, 6.07) is 4.51. The molecule has 1 aromatic carbocycles. The minimum Gasteiger partial charge on any atom is -0.342 e. The molecule has 0 unspecified atom stereocenters. The van der Waals surface area contributed by atoms with Crippen LogP contribution in [-0.4, -0.2) is 37.5 Å². The van der Waals surface area contributed by atoms with E-state index in [1.807, 2.05) is 11.9 Å². The number of halogens is 3. The van der Waals surface area contributed by atoms with Gasteiger partial charge in [0.1, 0.15) is 5.82 Å². The zero-order valence-corrected chi connectivity index (χ0v) is 13.6. The number of hydrogen-bond donors (Lipinski definition) is 1. The van der Waals surface area contributed by atoms with E-state index in [9.17, 15) is 9.18 Å². The van der Waals surface area contributed by atoms with E-state index < -0.39 is 5.82 Å². The second-order valence-electron chi connectivity index (χ2n) is 5.26. The third kappa shape index (κ3) is 4.83. The molecule has 1 aliphatic rings. The summed E-state index contributed by atoms with van der Waals surface area (Å²) in [5, 5.41) is 3.49. The number of rotatable bonds is 4. The number of piperidine rings is 1. The zero-order valence-electron chi connectivity index (χ0n) is 12.1. The van der Waals surface area contributed by atoms with Gasteiger partial charge in [0.25, 0.3) is 0 Å². The standard InChI is InChI=1S/C15H20ClFN2O.ClH/c1-18-10-11-5-7-19(8-6-11)15(20)9-12-13(16)3-2-4-14(12)17;/h2-4,11,18H,5-10H2,1H3;1H. The molecule has 1 aliphatic heterocycles. The summed E-state index contributed by atoms with van der Waals surface area (Å²) in [5.74, 6) is 0.178. The van der Waals surface area contributed by atoms with Crippen LogP contribution in [-0.2, 0) is 11.2 Å². The highest BCUT2D eigenvalue weighted by molar-refractivity contribution is 6.31. The molecule has 6 heteroatoms. The molecular weight excluding hydrogens is 314 g/mol. The van der Waals surface area contributed by atoms with Crippen molar-refractivity contribution in [3.8, 4) is 0 Å². The molecule has 0 aliphatic carbocycles. The molecule has 1 aromatic rings. The van der Waals surface area contributed by atoms with Crippen LogP contribution in [0.2, 0.25) is 5.02 Å². The molecule has 21 heavy (non-hydrogen) atoms. The molecule has 0 saturated carbocycles. The predicted octanol–water partition coefficient (Wildman–Crippen LogP) is 2.90. The van der Waals surface area contributed by atoms with E-state index in [2.05, 4.69) is 5.32 Å². The number of carbonyl (C=O) groups is 1. The quantitative estimate of drug-likeness (QED) is 0.918. The Morgan fingerprint density at radius 1 is 1.43 bits per heavy atom. The van der Waals surface area contributed by atoms with Gasteiger partial charge in [0.05, 0.1) is 6.42 Å². The molecule has 1 amide bonds. The lowest BCUT2D eigenvalue weighted by Gasteiger charge is -2.32. The number of carbonyl (C=O) groups excluding carboxylic acids is 1. The summed E-state index contributed by atoms with van der Waals surface area (Å²) < 4.78 is 13.7. The molecule has 3 nitrogen and oxygen atoms in total. The lowest BCUT2D eigenvalue weighted by Crippen LogP contribution is -2.41. The van der Waals surface area contributed by atoms with Gasteiger partial charge in [-0.3, -0.25) is 4.79 Å². The first-order valence-corrected chi connectivity index (χ1v) is 7.35. The zero-order chi connectivity index (χ0) is 14.5.